The quantitative estimate of drug-likeness (QED) is 0.639. The lowest BCUT2D eigenvalue weighted by molar-refractivity contribution is 0.0935. The van der Waals surface area contributed by atoms with Crippen molar-refractivity contribution >= 4 is 5.91 Å². The van der Waals surface area contributed by atoms with E-state index in [0.29, 0.717) is 12.1 Å². The lowest BCUT2D eigenvalue weighted by Crippen LogP contribution is -2.38. The van der Waals surface area contributed by atoms with Gasteiger partial charge in [0.15, 0.2) is 0 Å². The number of benzene rings is 2. The van der Waals surface area contributed by atoms with Crippen molar-refractivity contribution in [2.45, 2.75) is 19.9 Å². The molecule has 27 heavy (non-hydrogen) atoms. The predicted octanol–water partition coefficient (Wildman–Crippen LogP) is 3.89. The molecule has 3 aromatic rings. The normalized spacial score (nSPS) is 12.1. The average molecular weight is 362 g/mol. The number of nitrogens with one attached hydrogen (secondary N) is 2. The van der Waals surface area contributed by atoms with Crippen molar-refractivity contribution in [1.29, 1.82) is 0 Å². The van der Waals surface area contributed by atoms with E-state index in [-0.39, 0.29) is 11.9 Å². The van der Waals surface area contributed by atoms with Crippen LogP contribution in [0.2, 0.25) is 0 Å². The number of hydrogen-bond acceptors (Lipinski definition) is 3. The fraction of sp³-hybridized carbons (Fsp3) is 0.273. The van der Waals surface area contributed by atoms with Gasteiger partial charge >= 0.3 is 0 Å². The Balaban J connectivity index is 1.77. The zero-order valence-electron chi connectivity index (χ0n) is 15.9. The van der Waals surface area contributed by atoms with Gasteiger partial charge in [-0.05, 0) is 18.7 Å². The van der Waals surface area contributed by atoms with E-state index in [0.717, 1.165) is 24.3 Å². The molecule has 5 nitrogen and oxygen atoms in total. The van der Waals surface area contributed by atoms with Crippen LogP contribution in [0.3, 0.4) is 0 Å². The first-order valence-electron chi connectivity index (χ1n) is 9.40. The molecule has 3 rings (SSSR count). The average Bonchev–Trinajstić information content (AvgIpc) is 3.22. The second-order valence-electron chi connectivity index (χ2n) is 6.38. The van der Waals surface area contributed by atoms with Gasteiger partial charge in [0.25, 0.3) is 5.91 Å². The first kappa shape index (κ1) is 18.9. The molecule has 5 heteroatoms. The third-order valence-electron chi connectivity index (χ3n) is 4.84. The van der Waals surface area contributed by atoms with Crippen molar-refractivity contribution in [1.82, 2.24) is 20.4 Å². The van der Waals surface area contributed by atoms with Crippen LogP contribution in [-0.2, 0) is 0 Å². The summed E-state index contributed by atoms with van der Waals surface area (Å²) in [6.45, 7) is 6.68. The summed E-state index contributed by atoms with van der Waals surface area (Å²) in [7, 11) is 0. The Morgan fingerprint density at radius 3 is 2.30 bits per heavy atom. The number of rotatable bonds is 8. The number of carbonyl (C=O) groups is 1. The summed E-state index contributed by atoms with van der Waals surface area (Å²) in [6, 6.07) is 20.2. The van der Waals surface area contributed by atoms with Crippen molar-refractivity contribution in [3.8, 4) is 11.3 Å². The van der Waals surface area contributed by atoms with E-state index >= 15 is 0 Å². The van der Waals surface area contributed by atoms with Gasteiger partial charge in [-0.1, -0.05) is 74.5 Å². The van der Waals surface area contributed by atoms with Crippen LogP contribution in [0.15, 0.2) is 66.9 Å². The largest absolute Gasteiger partial charge is 0.350 e. The molecule has 140 valence electrons. The third-order valence-corrected chi connectivity index (χ3v) is 4.84. The van der Waals surface area contributed by atoms with Crippen LogP contribution in [0.4, 0.5) is 0 Å². The minimum atomic E-state index is -0.115. The van der Waals surface area contributed by atoms with E-state index in [1.54, 1.807) is 6.20 Å². The molecule has 0 aliphatic rings. The molecule has 0 spiro atoms. The highest BCUT2D eigenvalue weighted by atomic mass is 16.1. The van der Waals surface area contributed by atoms with E-state index < -0.39 is 0 Å². The van der Waals surface area contributed by atoms with Crippen molar-refractivity contribution in [2.75, 3.05) is 19.6 Å². The van der Waals surface area contributed by atoms with Gasteiger partial charge in [-0.25, -0.2) is 0 Å². The van der Waals surface area contributed by atoms with Crippen LogP contribution in [0.25, 0.3) is 11.3 Å². The van der Waals surface area contributed by atoms with Crippen molar-refractivity contribution < 1.29 is 4.79 Å². The highest BCUT2D eigenvalue weighted by Crippen LogP contribution is 2.22. The molecule has 0 fully saturated rings. The van der Waals surface area contributed by atoms with Crippen LogP contribution >= 0.6 is 0 Å². The van der Waals surface area contributed by atoms with Gasteiger partial charge in [0.1, 0.15) is 0 Å². The molecule has 0 radical (unpaired) electrons. The lowest BCUT2D eigenvalue weighted by Gasteiger charge is -2.30. The molecule has 0 saturated heterocycles. The summed E-state index contributed by atoms with van der Waals surface area (Å²) in [5, 5.41) is 10.1. The maximum atomic E-state index is 12.8. The minimum Gasteiger partial charge on any atom is -0.350 e. The first-order valence-corrected chi connectivity index (χ1v) is 9.40. The molecule has 0 aliphatic heterocycles. The number of aromatic nitrogens is 2. The monoisotopic (exact) mass is 362 g/mol. The number of amides is 1. The van der Waals surface area contributed by atoms with Crippen LogP contribution in [0, 0.1) is 0 Å². The SMILES string of the molecule is CCN(CC)C(CNC(=O)c1cn[nH]c1-c1ccccc1)c1ccccc1. The van der Waals surface area contributed by atoms with Crippen LogP contribution < -0.4 is 5.32 Å². The van der Waals surface area contributed by atoms with Crippen molar-refractivity contribution in [3.63, 3.8) is 0 Å². The fourth-order valence-electron chi connectivity index (χ4n) is 3.37. The highest BCUT2D eigenvalue weighted by molar-refractivity contribution is 5.99. The van der Waals surface area contributed by atoms with Gasteiger partial charge in [0.05, 0.1) is 23.5 Å². The lowest BCUT2D eigenvalue weighted by atomic mass is 10.0. The molecule has 0 bridgehead atoms. The molecule has 2 N–H and O–H groups in total. The Bertz CT molecular complexity index is 841. The molecular weight excluding hydrogens is 336 g/mol. The molecule has 0 aliphatic carbocycles. The first-order chi connectivity index (χ1) is 13.2. The van der Waals surface area contributed by atoms with Gasteiger partial charge in [0, 0.05) is 12.1 Å². The Morgan fingerprint density at radius 1 is 1.04 bits per heavy atom. The summed E-state index contributed by atoms with van der Waals surface area (Å²) >= 11 is 0. The fourth-order valence-corrected chi connectivity index (χ4v) is 3.37. The second kappa shape index (κ2) is 9.14. The maximum absolute atomic E-state index is 12.8. The molecule has 0 saturated carbocycles. The zero-order valence-corrected chi connectivity index (χ0v) is 15.9. The Morgan fingerprint density at radius 2 is 1.67 bits per heavy atom. The Kier molecular flexibility index (Phi) is 6.39. The summed E-state index contributed by atoms with van der Waals surface area (Å²) in [5.41, 5.74) is 3.46. The molecule has 1 atom stereocenters. The summed E-state index contributed by atoms with van der Waals surface area (Å²) in [4.78, 5) is 15.2. The van der Waals surface area contributed by atoms with Gasteiger partial charge < -0.3 is 5.32 Å². The molecule has 1 unspecified atom stereocenters. The summed E-state index contributed by atoms with van der Waals surface area (Å²) in [5.74, 6) is -0.115. The predicted molar refractivity (Wildman–Crippen MR) is 108 cm³/mol. The van der Waals surface area contributed by atoms with Crippen LogP contribution in [0.5, 0.6) is 0 Å². The number of hydrogen-bond donors (Lipinski definition) is 2. The summed E-state index contributed by atoms with van der Waals surface area (Å²) < 4.78 is 0. The van der Waals surface area contributed by atoms with Gasteiger partial charge in [-0.3, -0.25) is 14.8 Å². The summed E-state index contributed by atoms with van der Waals surface area (Å²) in [6.07, 6.45) is 1.59. The van der Waals surface area contributed by atoms with E-state index in [2.05, 4.69) is 46.4 Å². The highest BCUT2D eigenvalue weighted by Gasteiger charge is 2.21. The van der Waals surface area contributed by atoms with Gasteiger partial charge in [-0.15, -0.1) is 0 Å². The standard InChI is InChI=1S/C22H26N4O/c1-3-26(4-2)20(17-11-7-5-8-12-17)16-23-22(27)19-15-24-25-21(19)18-13-9-6-10-14-18/h5-15,20H,3-4,16H2,1-2H3,(H,23,27)(H,24,25). The molecule has 1 amide bonds. The minimum absolute atomic E-state index is 0.115. The topological polar surface area (TPSA) is 61.0 Å². The van der Waals surface area contributed by atoms with E-state index in [1.807, 2.05) is 48.5 Å². The zero-order chi connectivity index (χ0) is 19.1. The van der Waals surface area contributed by atoms with E-state index in [4.69, 9.17) is 0 Å². The molecule has 2 aromatic carbocycles. The van der Waals surface area contributed by atoms with Crippen molar-refractivity contribution in [3.05, 3.63) is 78.0 Å². The number of carbonyl (C=O) groups excluding carboxylic acids is 1. The van der Waals surface area contributed by atoms with Gasteiger partial charge in [-0.2, -0.15) is 5.10 Å². The van der Waals surface area contributed by atoms with Gasteiger partial charge in [0.2, 0.25) is 0 Å². The van der Waals surface area contributed by atoms with Crippen molar-refractivity contribution in [2.24, 2.45) is 0 Å². The van der Waals surface area contributed by atoms with E-state index in [9.17, 15) is 4.79 Å². The Labute approximate surface area is 160 Å². The van der Waals surface area contributed by atoms with E-state index in [1.165, 1.54) is 5.56 Å². The molecular formula is C22H26N4O. The maximum Gasteiger partial charge on any atom is 0.255 e. The third kappa shape index (κ3) is 4.44. The number of aromatic amines is 1. The number of likely N-dealkylation sites (N-methyl/N-ethyl adjacent to an activating group) is 1. The number of H-pyrrole nitrogens is 1. The molecule has 1 aromatic heterocycles. The van der Waals surface area contributed by atoms with Crippen LogP contribution in [0.1, 0.15) is 35.8 Å². The Hall–Kier alpha value is -2.92. The van der Waals surface area contributed by atoms with Crippen LogP contribution in [-0.4, -0.2) is 40.6 Å². The molecule has 1 heterocycles. The second-order valence-corrected chi connectivity index (χ2v) is 6.38. The smallest absolute Gasteiger partial charge is 0.255 e. The number of nitrogens with zero attached hydrogens (tertiary/aromatic N) is 2.